The number of carbonyl (C=O) groups is 2. The number of thiophene rings is 1. The van der Waals surface area contributed by atoms with E-state index < -0.39 is 5.97 Å². The van der Waals surface area contributed by atoms with Crippen LogP contribution in [0.3, 0.4) is 0 Å². The summed E-state index contributed by atoms with van der Waals surface area (Å²) in [5.41, 5.74) is 6.45. The molecule has 0 bridgehead atoms. The highest BCUT2D eigenvalue weighted by Gasteiger charge is 2.31. The van der Waals surface area contributed by atoms with Gasteiger partial charge >= 0.3 is 5.97 Å². The molecule has 1 unspecified atom stereocenters. The van der Waals surface area contributed by atoms with Gasteiger partial charge in [-0.15, -0.1) is 11.3 Å². The molecule has 1 aliphatic heterocycles. The molecular formula is C13H18N2O4S. The highest BCUT2D eigenvalue weighted by molar-refractivity contribution is 7.19. The molecule has 0 radical (unpaired) electrons. The number of rotatable bonds is 4. The third kappa shape index (κ3) is 2.51. The molecule has 0 spiro atoms. The predicted octanol–water partition coefficient (Wildman–Crippen LogP) is 1.54. The van der Waals surface area contributed by atoms with Gasteiger partial charge in [0.25, 0.3) is 0 Å². The lowest BCUT2D eigenvalue weighted by molar-refractivity contribution is 0.0603. The number of nitrogen functional groups attached to an aromatic ring is 1. The molecule has 1 fully saturated rings. The second-order valence-corrected chi connectivity index (χ2v) is 5.66. The van der Waals surface area contributed by atoms with E-state index in [4.69, 9.17) is 15.2 Å². The van der Waals surface area contributed by atoms with Crippen molar-refractivity contribution < 1.29 is 19.1 Å². The number of nitrogens with two attached hydrogens (primary N) is 1. The minimum Gasteiger partial charge on any atom is -0.465 e. The number of hydrogen-bond donors (Lipinski definition) is 1. The van der Waals surface area contributed by atoms with Crippen molar-refractivity contribution in [2.24, 2.45) is 0 Å². The Hall–Kier alpha value is -1.60. The largest absolute Gasteiger partial charge is 0.465 e. The third-order valence-corrected chi connectivity index (χ3v) is 4.77. The average Bonchev–Trinajstić information content (AvgIpc) is 3.01. The van der Waals surface area contributed by atoms with Crippen LogP contribution in [0.25, 0.3) is 0 Å². The van der Waals surface area contributed by atoms with E-state index in [0.717, 1.165) is 13.0 Å². The van der Waals surface area contributed by atoms with Gasteiger partial charge in [0.05, 0.1) is 23.8 Å². The highest BCUT2D eigenvalue weighted by Crippen LogP contribution is 2.40. The molecular weight excluding hydrogens is 280 g/mol. The summed E-state index contributed by atoms with van der Waals surface area (Å²) < 4.78 is 10.1. The number of esters is 1. The van der Waals surface area contributed by atoms with Crippen molar-refractivity contribution in [3.05, 3.63) is 10.4 Å². The molecule has 0 aromatic carbocycles. The Morgan fingerprint density at radius 2 is 2.10 bits per heavy atom. The van der Waals surface area contributed by atoms with Gasteiger partial charge in [0.1, 0.15) is 10.6 Å². The summed E-state index contributed by atoms with van der Waals surface area (Å²) in [5, 5.41) is 0.694. The molecule has 0 saturated carbocycles. The summed E-state index contributed by atoms with van der Waals surface area (Å²) in [6.07, 6.45) is 1.01. The molecule has 2 heterocycles. The molecule has 0 amide bonds. The van der Waals surface area contributed by atoms with Crippen LogP contribution in [0, 0.1) is 0 Å². The van der Waals surface area contributed by atoms with Crippen LogP contribution in [0.2, 0.25) is 0 Å². The summed E-state index contributed by atoms with van der Waals surface area (Å²) in [5.74, 6) is -0.659. The van der Waals surface area contributed by atoms with E-state index in [2.05, 4.69) is 0 Å². The van der Waals surface area contributed by atoms with Crippen molar-refractivity contribution in [3.8, 4) is 0 Å². The fraction of sp³-hybridized carbons (Fsp3) is 0.538. The Bertz CT molecular complexity index is 541. The van der Waals surface area contributed by atoms with Crippen molar-refractivity contribution in [3.63, 3.8) is 0 Å². The second-order valence-electron chi connectivity index (χ2n) is 4.67. The van der Waals surface area contributed by atoms with Crippen LogP contribution in [-0.2, 0) is 9.47 Å². The van der Waals surface area contributed by atoms with Gasteiger partial charge < -0.3 is 20.1 Å². The Kier molecular flexibility index (Phi) is 4.29. The third-order valence-electron chi connectivity index (χ3n) is 3.40. The number of methoxy groups -OCH3 is 2. The lowest BCUT2D eigenvalue weighted by atomic mass is 10.2. The van der Waals surface area contributed by atoms with Gasteiger partial charge in [0.2, 0.25) is 0 Å². The number of anilines is 2. The molecule has 1 aliphatic rings. The maximum absolute atomic E-state index is 11.9. The van der Waals surface area contributed by atoms with Crippen LogP contribution >= 0.6 is 11.3 Å². The Balaban J connectivity index is 2.43. The Morgan fingerprint density at radius 1 is 1.40 bits per heavy atom. The van der Waals surface area contributed by atoms with Crippen LogP contribution in [0.15, 0.2) is 0 Å². The molecule has 6 nitrogen and oxygen atoms in total. The summed E-state index contributed by atoms with van der Waals surface area (Å²) in [6.45, 7) is 2.88. The summed E-state index contributed by atoms with van der Waals surface area (Å²) in [7, 11) is 2.97. The SMILES string of the molecule is COC(=O)c1c(N2CCC(OC)C2)sc(C(C)=O)c1N. The smallest absolute Gasteiger partial charge is 0.343 e. The van der Waals surface area contributed by atoms with E-state index in [1.807, 2.05) is 4.90 Å². The minimum atomic E-state index is -0.512. The lowest BCUT2D eigenvalue weighted by Crippen LogP contribution is -2.23. The molecule has 0 aliphatic carbocycles. The van der Waals surface area contributed by atoms with Crippen LogP contribution in [0.4, 0.5) is 10.7 Å². The minimum absolute atomic E-state index is 0.129. The Morgan fingerprint density at radius 3 is 2.60 bits per heavy atom. The fourth-order valence-corrected chi connectivity index (χ4v) is 3.46. The molecule has 2 N–H and O–H groups in total. The first-order valence-corrected chi connectivity index (χ1v) is 7.10. The van der Waals surface area contributed by atoms with Gasteiger partial charge in [-0.2, -0.15) is 0 Å². The van der Waals surface area contributed by atoms with Gasteiger partial charge in [0, 0.05) is 27.1 Å². The van der Waals surface area contributed by atoms with Gasteiger partial charge in [-0.25, -0.2) is 4.79 Å². The van der Waals surface area contributed by atoms with E-state index in [1.54, 1.807) is 7.11 Å². The van der Waals surface area contributed by atoms with Crippen LogP contribution in [0.5, 0.6) is 0 Å². The van der Waals surface area contributed by atoms with Crippen molar-refractivity contribution >= 4 is 33.8 Å². The summed E-state index contributed by atoms with van der Waals surface area (Å²) in [4.78, 5) is 26.0. The van der Waals surface area contributed by atoms with Gasteiger partial charge in [-0.05, 0) is 6.42 Å². The number of ether oxygens (including phenoxy) is 2. The zero-order valence-corrected chi connectivity index (χ0v) is 12.6. The monoisotopic (exact) mass is 298 g/mol. The first-order valence-electron chi connectivity index (χ1n) is 6.28. The van der Waals surface area contributed by atoms with Crippen molar-refractivity contribution in [2.75, 3.05) is 37.9 Å². The number of carbonyl (C=O) groups excluding carboxylic acids is 2. The maximum Gasteiger partial charge on any atom is 0.343 e. The van der Waals surface area contributed by atoms with E-state index in [9.17, 15) is 9.59 Å². The quantitative estimate of drug-likeness (QED) is 0.671. The van der Waals surface area contributed by atoms with Crippen LogP contribution < -0.4 is 10.6 Å². The van der Waals surface area contributed by atoms with Gasteiger partial charge in [-0.3, -0.25) is 4.79 Å². The zero-order valence-electron chi connectivity index (χ0n) is 11.8. The molecule has 2 rings (SSSR count). The van der Waals surface area contributed by atoms with E-state index >= 15 is 0 Å². The van der Waals surface area contributed by atoms with Gasteiger partial charge in [0.15, 0.2) is 5.78 Å². The number of nitrogens with zero attached hydrogens (tertiary/aromatic N) is 1. The summed E-state index contributed by atoms with van der Waals surface area (Å²) >= 11 is 1.24. The number of hydrogen-bond acceptors (Lipinski definition) is 7. The topological polar surface area (TPSA) is 81.9 Å². The fourth-order valence-electron chi connectivity index (χ4n) is 2.32. The van der Waals surface area contributed by atoms with Crippen molar-refractivity contribution in [2.45, 2.75) is 19.4 Å². The average molecular weight is 298 g/mol. The van der Waals surface area contributed by atoms with E-state index in [0.29, 0.717) is 22.0 Å². The van der Waals surface area contributed by atoms with Crippen molar-refractivity contribution in [1.82, 2.24) is 0 Å². The standard InChI is InChI=1S/C13H18N2O4S/c1-7(16)11-10(14)9(13(17)19-3)12(20-11)15-5-4-8(6-15)18-2/h8H,4-6,14H2,1-3H3. The lowest BCUT2D eigenvalue weighted by Gasteiger charge is -2.17. The van der Waals surface area contributed by atoms with Crippen LogP contribution in [0.1, 0.15) is 33.4 Å². The number of Topliss-reactive ketones (excluding diaryl/α,β-unsaturated/α-hetero) is 1. The first-order chi connectivity index (χ1) is 9.49. The highest BCUT2D eigenvalue weighted by atomic mass is 32.1. The normalized spacial score (nSPS) is 18.4. The molecule has 1 aromatic rings. The molecule has 20 heavy (non-hydrogen) atoms. The summed E-state index contributed by atoms with van der Waals surface area (Å²) in [6, 6.07) is 0. The van der Waals surface area contributed by atoms with Crippen LogP contribution in [-0.4, -0.2) is 45.2 Å². The molecule has 1 atom stereocenters. The first kappa shape index (κ1) is 14.8. The second kappa shape index (κ2) is 5.80. The van der Waals surface area contributed by atoms with E-state index in [1.165, 1.54) is 25.4 Å². The molecule has 1 aromatic heterocycles. The number of ketones is 1. The zero-order chi connectivity index (χ0) is 14.9. The molecule has 110 valence electrons. The Labute approximate surface area is 121 Å². The molecule has 7 heteroatoms. The predicted molar refractivity (Wildman–Crippen MR) is 77.7 cm³/mol. The van der Waals surface area contributed by atoms with E-state index in [-0.39, 0.29) is 17.6 Å². The van der Waals surface area contributed by atoms with Crippen molar-refractivity contribution in [1.29, 1.82) is 0 Å². The van der Waals surface area contributed by atoms with Gasteiger partial charge in [-0.1, -0.05) is 0 Å². The maximum atomic E-state index is 11.9. The molecule has 1 saturated heterocycles.